The maximum Gasteiger partial charge on any atom is 0.306 e. The van der Waals surface area contributed by atoms with E-state index in [1.54, 1.807) is 0 Å². The van der Waals surface area contributed by atoms with Gasteiger partial charge in [-0.1, -0.05) is 27.7 Å². The predicted octanol–water partition coefficient (Wildman–Crippen LogP) is 6.21. The minimum atomic E-state index is -0.938. The van der Waals surface area contributed by atoms with Crippen molar-refractivity contribution < 1.29 is 28.9 Å². The molecule has 6 fully saturated rings. The number of carbonyl (C=O) groups excluding carboxylic acids is 1. The van der Waals surface area contributed by atoms with E-state index in [2.05, 4.69) is 27.7 Å². The van der Waals surface area contributed by atoms with Gasteiger partial charge in [0.2, 0.25) is 0 Å². The number of hydrogen-bond acceptors (Lipinski definition) is 5. The van der Waals surface area contributed by atoms with Gasteiger partial charge in [-0.2, -0.15) is 0 Å². The second-order valence-electron chi connectivity index (χ2n) is 14.3. The standard InChI is InChI=1S/C31H48O6/c1-18-12-15-31(35-17-18)19(2)28-24(37-31)16-23-21-9-8-20-6-5-7-25(36-27(34)11-10-26(32)33)30(20,4)22(21)13-14-29(23,28)3/h18-25,28H,5-17H2,1-4H3,(H,32,33)/t18-,19-,20-,21+,22-,23-,24-,25?,28-,29-,30-,31+/m0/s1. The molecule has 0 bridgehead atoms. The van der Waals surface area contributed by atoms with Gasteiger partial charge in [-0.3, -0.25) is 9.59 Å². The van der Waals surface area contributed by atoms with Crippen molar-refractivity contribution in [2.45, 2.75) is 123 Å². The zero-order chi connectivity index (χ0) is 26.2. The molecule has 2 heterocycles. The van der Waals surface area contributed by atoms with Gasteiger partial charge in [0.05, 0.1) is 25.6 Å². The summed E-state index contributed by atoms with van der Waals surface area (Å²) in [7, 11) is 0. The number of carboxylic acids is 1. The smallest absolute Gasteiger partial charge is 0.306 e. The van der Waals surface area contributed by atoms with Crippen molar-refractivity contribution in [1.29, 1.82) is 0 Å². The summed E-state index contributed by atoms with van der Waals surface area (Å²) in [6, 6.07) is 0. The molecule has 2 saturated heterocycles. The van der Waals surface area contributed by atoms with E-state index >= 15 is 0 Å². The van der Waals surface area contributed by atoms with Crippen LogP contribution in [-0.2, 0) is 23.8 Å². The van der Waals surface area contributed by atoms with Crippen LogP contribution in [0.25, 0.3) is 0 Å². The Bertz CT molecular complexity index is 909. The van der Waals surface area contributed by atoms with Gasteiger partial charge in [-0.25, -0.2) is 0 Å². The molecule has 0 amide bonds. The van der Waals surface area contributed by atoms with Crippen LogP contribution in [0.1, 0.15) is 105 Å². The van der Waals surface area contributed by atoms with Gasteiger partial charge >= 0.3 is 11.9 Å². The van der Waals surface area contributed by atoms with Crippen molar-refractivity contribution >= 4 is 11.9 Å². The fourth-order valence-corrected chi connectivity index (χ4v) is 10.9. The SMILES string of the molecule is C[C@H]1CC[C@@]2(OC1)O[C@H]1C[C@H]3[C@@H]4CC[C@@H]5CCCC(OC(=O)CCC(=O)O)[C@]5(C)[C@H]4CC[C@]3(C)[C@H]1[C@@H]2C. The van der Waals surface area contributed by atoms with Crippen molar-refractivity contribution in [3.8, 4) is 0 Å². The van der Waals surface area contributed by atoms with E-state index in [-0.39, 0.29) is 41.5 Å². The molecule has 4 aliphatic carbocycles. The topological polar surface area (TPSA) is 82.1 Å². The monoisotopic (exact) mass is 516 g/mol. The Hall–Kier alpha value is -1.14. The summed E-state index contributed by atoms with van der Waals surface area (Å²) >= 11 is 0. The van der Waals surface area contributed by atoms with E-state index in [1.807, 2.05) is 0 Å². The minimum Gasteiger partial charge on any atom is -0.481 e. The van der Waals surface area contributed by atoms with Crippen molar-refractivity contribution in [3.63, 3.8) is 0 Å². The normalized spacial score (nSPS) is 52.6. The Morgan fingerprint density at radius 1 is 0.973 bits per heavy atom. The molecule has 37 heavy (non-hydrogen) atoms. The zero-order valence-electron chi connectivity index (χ0n) is 23.4. The summed E-state index contributed by atoms with van der Waals surface area (Å²) in [6.07, 6.45) is 11.6. The first-order valence-electron chi connectivity index (χ1n) is 15.3. The second kappa shape index (κ2) is 9.21. The average Bonchev–Trinajstić information content (AvgIpc) is 3.30. The van der Waals surface area contributed by atoms with Crippen LogP contribution in [0.3, 0.4) is 0 Å². The Labute approximate surface area is 222 Å². The molecule has 1 unspecified atom stereocenters. The van der Waals surface area contributed by atoms with Crippen LogP contribution in [0.15, 0.2) is 0 Å². The largest absolute Gasteiger partial charge is 0.481 e. The predicted molar refractivity (Wildman–Crippen MR) is 138 cm³/mol. The van der Waals surface area contributed by atoms with Gasteiger partial charge in [0, 0.05) is 17.8 Å². The molecule has 0 aromatic carbocycles. The highest BCUT2D eigenvalue weighted by Gasteiger charge is 2.69. The van der Waals surface area contributed by atoms with Crippen LogP contribution in [-0.4, -0.2) is 41.6 Å². The molecular formula is C31H48O6. The first-order chi connectivity index (χ1) is 17.6. The number of carbonyl (C=O) groups is 2. The van der Waals surface area contributed by atoms with Gasteiger partial charge < -0.3 is 19.3 Å². The molecule has 4 saturated carbocycles. The third-order valence-electron chi connectivity index (χ3n) is 12.8. The number of ether oxygens (including phenoxy) is 3. The van der Waals surface area contributed by atoms with Gasteiger partial charge in [-0.15, -0.1) is 0 Å². The fraction of sp³-hybridized carbons (Fsp3) is 0.935. The highest BCUT2D eigenvalue weighted by Crippen LogP contribution is 2.71. The van der Waals surface area contributed by atoms with E-state index in [4.69, 9.17) is 19.3 Å². The van der Waals surface area contributed by atoms with Crippen LogP contribution in [0.5, 0.6) is 0 Å². The third-order valence-corrected chi connectivity index (χ3v) is 12.8. The molecule has 208 valence electrons. The van der Waals surface area contributed by atoms with E-state index < -0.39 is 5.97 Å². The number of carboxylic acid groups (broad SMARTS) is 1. The maximum absolute atomic E-state index is 12.6. The van der Waals surface area contributed by atoms with E-state index in [9.17, 15) is 9.59 Å². The zero-order valence-corrected chi connectivity index (χ0v) is 23.4. The molecule has 1 spiro atoms. The molecule has 6 rings (SSSR count). The Balaban J connectivity index is 1.22. The third kappa shape index (κ3) is 3.93. The lowest BCUT2D eigenvalue weighted by Crippen LogP contribution is -2.58. The van der Waals surface area contributed by atoms with Crippen molar-refractivity contribution in [2.24, 2.45) is 52.3 Å². The summed E-state index contributed by atoms with van der Waals surface area (Å²) < 4.78 is 19.5. The maximum atomic E-state index is 12.6. The van der Waals surface area contributed by atoms with Crippen LogP contribution < -0.4 is 0 Å². The number of rotatable bonds is 4. The quantitative estimate of drug-likeness (QED) is 0.448. The molecular weight excluding hydrogens is 468 g/mol. The van der Waals surface area contributed by atoms with Gasteiger partial charge in [0.15, 0.2) is 5.79 Å². The molecule has 6 heteroatoms. The van der Waals surface area contributed by atoms with Crippen molar-refractivity contribution in [3.05, 3.63) is 0 Å². The van der Waals surface area contributed by atoms with Crippen molar-refractivity contribution in [1.82, 2.24) is 0 Å². The molecule has 0 aromatic rings. The summed E-state index contributed by atoms with van der Waals surface area (Å²) in [4.78, 5) is 23.7. The Morgan fingerprint density at radius 2 is 1.78 bits per heavy atom. The summed E-state index contributed by atoms with van der Waals surface area (Å²) in [5.41, 5.74) is 0.280. The van der Waals surface area contributed by atoms with Gasteiger partial charge in [0.1, 0.15) is 6.10 Å². The summed E-state index contributed by atoms with van der Waals surface area (Å²) in [5.74, 6) is 2.46. The van der Waals surface area contributed by atoms with E-state index in [0.717, 1.165) is 32.3 Å². The van der Waals surface area contributed by atoms with Gasteiger partial charge in [-0.05, 0) is 98.7 Å². The first-order valence-corrected chi connectivity index (χ1v) is 15.3. The summed E-state index contributed by atoms with van der Waals surface area (Å²) in [5, 5.41) is 9.03. The Morgan fingerprint density at radius 3 is 2.51 bits per heavy atom. The number of hydrogen-bond donors (Lipinski definition) is 1. The molecule has 1 N–H and O–H groups in total. The van der Waals surface area contributed by atoms with Crippen LogP contribution >= 0.6 is 0 Å². The lowest BCUT2D eigenvalue weighted by Gasteiger charge is -2.62. The van der Waals surface area contributed by atoms with Gasteiger partial charge in [0.25, 0.3) is 0 Å². The lowest BCUT2D eigenvalue weighted by molar-refractivity contribution is -0.273. The van der Waals surface area contributed by atoms with E-state index in [1.165, 1.54) is 38.5 Å². The van der Waals surface area contributed by atoms with Crippen LogP contribution in [0, 0.1) is 52.3 Å². The summed E-state index contributed by atoms with van der Waals surface area (Å²) in [6.45, 7) is 10.5. The molecule has 6 nitrogen and oxygen atoms in total. The fourth-order valence-electron chi connectivity index (χ4n) is 10.9. The highest BCUT2D eigenvalue weighted by molar-refractivity contribution is 5.76. The van der Waals surface area contributed by atoms with Crippen LogP contribution in [0.4, 0.5) is 0 Å². The van der Waals surface area contributed by atoms with Crippen LogP contribution in [0.2, 0.25) is 0 Å². The van der Waals surface area contributed by atoms with Crippen molar-refractivity contribution in [2.75, 3.05) is 6.61 Å². The number of esters is 1. The molecule has 6 aliphatic rings. The average molecular weight is 517 g/mol. The molecule has 12 atom stereocenters. The minimum absolute atomic E-state index is 0.00457. The Kier molecular flexibility index (Phi) is 6.50. The lowest BCUT2D eigenvalue weighted by atomic mass is 9.44. The molecule has 0 aromatic heterocycles. The molecule has 2 aliphatic heterocycles. The number of aliphatic carboxylic acids is 1. The highest BCUT2D eigenvalue weighted by atomic mass is 16.7. The first kappa shape index (κ1) is 26.1. The number of fused-ring (bicyclic) bond motifs is 7. The second-order valence-corrected chi connectivity index (χ2v) is 14.3. The molecule has 0 radical (unpaired) electrons. The van der Waals surface area contributed by atoms with E-state index in [0.29, 0.717) is 47.5 Å².